The Morgan fingerprint density at radius 3 is 2.46 bits per heavy atom. The van der Waals surface area contributed by atoms with Gasteiger partial charge >= 0.3 is 0 Å². The third-order valence-electron chi connectivity index (χ3n) is 7.14. The fraction of sp³-hybridized carbons (Fsp3) is 0.500. The number of ether oxygens (including phenoxy) is 3. The molecular weight excluding hydrogens is 444 g/mol. The Bertz CT molecular complexity index is 972. The summed E-state index contributed by atoms with van der Waals surface area (Å²) in [6, 6.07) is 16.8. The number of carbonyl (C=O) groups is 2. The molecule has 1 fully saturated rings. The van der Waals surface area contributed by atoms with E-state index in [0.29, 0.717) is 43.4 Å². The van der Waals surface area contributed by atoms with Crippen LogP contribution in [0, 0.1) is 5.41 Å². The number of amides is 2. The number of rotatable bonds is 5. The zero-order chi connectivity index (χ0) is 24.5. The first-order valence-electron chi connectivity index (χ1n) is 12.6. The van der Waals surface area contributed by atoms with Crippen LogP contribution < -0.4 is 9.47 Å². The molecule has 0 atom stereocenters. The average Bonchev–Trinajstić information content (AvgIpc) is 2.90. The molecule has 2 amide bonds. The van der Waals surface area contributed by atoms with Crippen LogP contribution in [0.4, 0.5) is 0 Å². The van der Waals surface area contributed by atoms with Gasteiger partial charge in [0.25, 0.3) is 11.8 Å². The third kappa shape index (κ3) is 6.54. The molecule has 2 aromatic rings. The number of nitrogens with zero attached hydrogens (tertiary/aromatic N) is 2. The van der Waals surface area contributed by atoms with Crippen LogP contribution in [0.1, 0.15) is 42.5 Å². The van der Waals surface area contributed by atoms with Gasteiger partial charge in [0.1, 0.15) is 18.1 Å². The van der Waals surface area contributed by atoms with E-state index in [0.717, 1.165) is 45.2 Å². The normalized spacial score (nSPS) is 18.7. The molecule has 0 N–H and O–H groups in total. The molecule has 5 rings (SSSR count). The van der Waals surface area contributed by atoms with Crippen molar-refractivity contribution in [3.8, 4) is 11.5 Å². The van der Waals surface area contributed by atoms with E-state index in [1.165, 1.54) is 0 Å². The number of piperidine rings is 1. The molecule has 0 radical (unpaired) electrons. The maximum Gasteiger partial charge on any atom is 0.260 e. The molecule has 3 aliphatic rings. The zero-order valence-corrected chi connectivity index (χ0v) is 20.6. The highest BCUT2D eigenvalue weighted by molar-refractivity contribution is 5.97. The van der Waals surface area contributed by atoms with E-state index in [-0.39, 0.29) is 23.8 Å². The second-order valence-corrected chi connectivity index (χ2v) is 9.51. The van der Waals surface area contributed by atoms with E-state index in [4.69, 9.17) is 14.2 Å². The summed E-state index contributed by atoms with van der Waals surface area (Å²) in [5, 5.41) is 0. The van der Waals surface area contributed by atoms with Crippen molar-refractivity contribution in [1.82, 2.24) is 9.80 Å². The summed E-state index contributed by atoms with van der Waals surface area (Å²) in [6.45, 7) is 3.53. The predicted molar refractivity (Wildman–Crippen MR) is 134 cm³/mol. The number of hydrogen-bond donors (Lipinski definition) is 0. The molecule has 1 saturated heterocycles. The Morgan fingerprint density at radius 2 is 1.69 bits per heavy atom. The Morgan fingerprint density at radius 1 is 0.943 bits per heavy atom. The second-order valence-electron chi connectivity index (χ2n) is 9.51. The lowest BCUT2D eigenvalue weighted by Crippen LogP contribution is -2.45. The Labute approximate surface area is 207 Å². The number of hydrogen-bond acceptors (Lipinski definition) is 5. The van der Waals surface area contributed by atoms with Gasteiger partial charge in [-0.25, -0.2) is 0 Å². The first-order valence-corrected chi connectivity index (χ1v) is 12.6. The van der Waals surface area contributed by atoms with Crippen molar-refractivity contribution in [1.29, 1.82) is 0 Å². The van der Waals surface area contributed by atoms with Crippen molar-refractivity contribution >= 4 is 11.8 Å². The zero-order valence-electron chi connectivity index (χ0n) is 20.6. The van der Waals surface area contributed by atoms with Crippen molar-refractivity contribution in [2.45, 2.75) is 32.1 Å². The lowest BCUT2D eigenvalue weighted by molar-refractivity contribution is -0.133. The van der Waals surface area contributed by atoms with Gasteiger partial charge in [-0.15, -0.1) is 0 Å². The molecule has 0 saturated carbocycles. The molecule has 2 bridgehead atoms. The SMILES string of the molecule is COCC12CCCCN(C(=O)COc3ccccc3)CCOc3ccccc3C(=O)N(CC1)CC2. The summed E-state index contributed by atoms with van der Waals surface area (Å²) in [5.41, 5.74) is 0.652. The van der Waals surface area contributed by atoms with Crippen LogP contribution in [0.5, 0.6) is 11.5 Å². The Balaban J connectivity index is 1.49. The average molecular weight is 481 g/mol. The van der Waals surface area contributed by atoms with Crippen LogP contribution in [0.3, 0.4) is 0 Å². The van der Waals surface area contributed by atoms with Crippen molar-refractivity contribution in [2.75, 3.05) is 53.1 Å². The second kappa shape index (κ2) is 12.1. The van der Waals surface area contributed by atoms with Crippen LogP contribution in [0.2, 0.25) is 0 Å². The van der Waals surface area contributed by atoms with Gasteiger partial charge in [0, 0.05) is 26.7 Å². The van der Waals surface area contributed by atoms with Gasteiger partial charge < -0.3 is 24.0 Å². The molecule has 0 aliphatic carbocycles. The van der Waals surface area contributed by atoms with Gasteiger partial charge in [-0.05, 0) is 55.4 Å². The molecule has 0 spiro atoms. The standard InChI is InChI=1S/C28H36N2O5/c1-33-22-28-13-7-8-16-29(26(31)21-35-23-9-3-2-4-10-23)19-20-34-25-12-6-5-11-24(25)27(32)30(17-14-28)18-15-28/h2-6,9-12H,7-8,13-22H2,1H3. The van der Waals surface area contributed by atoms with Crippen molar-refractivity contribution in [3.05, 3.63) is 60.2 Å². The maximum absolute atomic E-state index is 13.3. The lowest BCUT2D eigenvalue weighted by Gasteiger charge is -2.41. The summed E-state index contributed by atoms with van der Waals surface area (Å²) in [7, 11) is 1.75. The minimum Gasteiger partial charge on any atom is -0.491 e. The molecule has 35 heavy (non-hydrogen) atoms. The maximum atomic E-state index is 13.3. The molecule has 3 heterocycles. The molecule has 0 aromatic heterocycles. The van der Waals surface area contributed by atoms with Crippen molar-refractivity contribution in [3.63, 3.8) is 0 Å². The van der Waals surface area contributed by atoms with Crippen LogP contribution in [0.25, 0.3) is 0 Å². The van der Waals surface area contributed by atoms with Gasteiger partial charge in [0.15, 0.2) is 6.61 Å². The van der Waals surface area contributed by atoms with E-state index < -0.39 is 0 Å². The molecule has 7 heteroatoms. The third-order valence-corrected chi connectivity index (χ3v) is 7.14. The minimum absolute atomic E-state index is 0.00526. The van der Waals surface area contributed by atoms with Crippen molar-refractivity contribution in [2.24, 2.45) is 5.41 Å². The van der Waals surface area contributed by atoms with Crippen LogP contribution in [-0.4, -0.2) is 74.7 Å². The largest absolute Gasteiger partial charge is 0.491 e. The van der Waals surface area contributed by atoms with E-state index >= 15 is 0 Å². The quantitative estimate of drug-likeness (QED) is 0.647. The summed E-state index contributed by atoms with van der Waals surface area (Å²) in [4.78, 5) is 30.1. The molecule has 2 aromatic carbocycles. The lowest BCUT2D eigenvalue weighted by atomic mass is 9.75. The first kappa shape index (κ1) is 25.0. The monoisotopic (exact) mass is 480 g/mol. The Hall–Kier alpha value is -3.06. The topological polar surface area (TPSA) is 68.3 Å². The molecule has 3 aliphatic heterocycles. The Kier molecular flexibility index (Phi) is 8.64. The number of benzene rings is 2. The van der Waals surface area contributed by atoms with E-state index in [1.807, 2.05) is 64.4 Å². The van der Waals surface area contributed by atoms with Crippen molar-refractivity contribution < 1.29 is 23.8 Å². The first-order chi connectivity index (χ1) is 17.1. The van der Waals surface area contributed by atoms with Crippen LogP contribution in [0.15, 0.2) is 54.6 Å². The summed E-state index contributed by atoms with van der Waals surface area (Å²) >= 11 is 0. The van der Waals surface area contributed by atoms with Gasteiger partial charge in [0.05, 0.1) is 18.7 Å². The number of para-hydroxylation sites is 2. The summed E-state index contributed by atoms with van der Waals surface area (Å²) < 4.78 is 17.3. The minimum atomic E-state index is -0.0650. The number of carbonyl (C=O) groups excluding carboxylic acids is 2. The van der Waals surface area contributed by atoms with E-state index in [1.54, 1.807) is 7.11 Å². The van der Waals surface area contributed by atoms with Gasteiger partial charge in [-0.2, -0.15) is 0 Å². The van der Waals surface area contributed by atoms with Crippen LogP contribution >= 0.6 is 0 Å². The smallest absolute Gasteiger partial charge is 0.260 e. The fourth-order valence-electron chi connectivity index (χ4n) is 5.08. The summed E-state index contributed by atoms with van der Waals surface area (Å²) in [5.74, 6) is 1.18. The molecule has 0 unspecified atom stereocenters. The van der Waals surface area contributed by atoms with E-state index in [2.05, 4.69) is 0 Å². The highest BCUT2D eigenvalue weighted by Crippen LogP contribution is 2.38. The van der Waals surface area contributed by atoms with E-state index in [9.17, 15) is 9.59 Å². The highest BCUT2D eigenvalue weighted by Gasteiger charge is 2.36. The summed E-state index contributed by atoms with van der Waals surface area (Å²) in [6.07, 6.45) is 4.77. The number of fused-ring (bicyclic) bond motifs is 9. The highest BCUT2D eigenvalue weighted by atomic mass is 16.5. The molecule has 188 valence electrons. The number of methoxy groups -OCH3 is 1. The van der Waals surface area contributed by atoms with Crippen LogP contribution in [-0.2, 0) is 9.53 Å². The molecule has 7 nitrogen and oxygen atoms in total. The molecular formula is C28H36N2O5. The fourth-order valence-corrected chi connectivity index (χ4v) is 5.08. The predicted octanol–water partition coefficient (Wildman–Crippen LogP) is 4.03. The van der Waals surface area contributed by atoms with Gasteiger partial charge in [0.2, 0.25) is 0 Å². The van der Waals surface area contributed by atoms with Gasteiger partial charge in [-0.3, -0.25) is 9.59 Å². The van der Waals surface area contributed by atoms with Gasteiger partial charge in [-0.1, -0.05) is 36.8 Å².